The van der Waals surface area contributed by atoms with Gasteiger partial charge in [-0.2, -0.15) is 0 Å². The Morgan fingerprint density at radius 1 is 1.00 bits per heavy atom. The summed E-state index contributed by atoms with van der Waals surface area (Å²) in [4.78, 5) is 15.0. The van der Waals surface area contributed by atoms with E-state index in [0.717, 1.165) is 0 Å². The predicted octanol–water partition coefficient (Wildman–Crippen LogP) is 4.23. The molecule has 0 saturated heterocycles. The van der Waals surface area contributed by atoms with Gasteiger partial charge in [0.05, 0.1) is 31.4 Å². The SMILES string of the molecule is COc1cc(C(=O)N(CC(C)C)CC(C)C)c(Br)c(OC)c1OC. The largest absolute Gasteiger partial charge is 0.493 e. The highest BCUT2D eigenvalue weighted by molar-refractivity contribution is 9.10. The smallest absolute Gasteiger partial charge is 0.255 e. The summed E-state index contributed by atoms with van der Waals surface area (Å²) in [6.07, 6.45) is 0. The van der Waals surface area contributed by atoms with E-state index in [1.165, 1.54) is 14.2 Å². The zero-order valence-electron chi connectivity index (χ0n) is 15.6. The molecule has 0 aromatic heterocycles. The lowest BCUT2D eigenvalue weighted by molar-refractivity contribution is 0.0713. The summed E-state index contributed by atoms with van der Waals surface area (Å²) >= 11 is 3.49. The van der Waals surface area contributed by atoms with E-state index in [2.05, 4.69) is 43.6 Å². The molecule has 136 valence electrons. The third-order valence-corrected chi connectivity index (χ3v) is 4.25. The number of halogens is 1. The average molecular weight is 402 g/mol. The number of methoxy groups -OCH3 is 3. The van der Waals surface area contributed by atoms with E-state index in [9.17, 15) is 4.79 Å². The van der Waals surface area contributed by atoms with Gasteiger partial charge in [0, 0.05) is 13.1 Å². The Hall–Kier alpha value is -1.43. The van der Waals surface area contributed by atoms with Gasteiger partial charge < -0.3 is 19.1 Å². The maximum absolute atomic E-state index is 13.1. The second-order valence-electron chi connectivity index (χ2n) is 6.50. The van der Waals surface area contributed by atoms with Gasteiger partial charge in [-0.05, 0) is 33.8 Å². The van der Waals surface area contributed by atoms with E-state index in [1.807, 2.05) is 4.90 Å². The second-order valence-corrected chi connectivity index (χ2v) is 7.30. The molecule has 1 aromatic rings. The Morgan fingerprint density at radius 2 is 1.50 bits per heavy atom. The fourth-order valence-electron chi connectivity index (χ4n) is 2.57. The number of amides is 1. The minimum Gasteiger partial charge on any atom is -0.493 e. The maximum atomic E-state index is 13.1. The molecule has 5 nitrogen and oxygen atoms in total. The third kappa shape index (κ3) is 4.79. The molecule has 6 heteroatoms. The van der Waals surface area contributed by atoms with Crippen molar-refractivity contribution in [2.24, 2.45) is 11.8 Å². The van der Waals surface area contributed by atoms with E-state index >= 15 is 0 Å². The van der Waals surface area contributed by atoms with Crippen molar-refractivity contribution in [2.45, 2.75) is 27.7 Å². The monoisotopic (exact) mass is 401 g/mol. The molecular formula is C18H28BrNO4. The van der Waals surface area contributed by atoms with Gasteiger partial charge in [0.25, 0.3) is 5.91 Å². The molecule has 0 spiro atoms. The molecule has 0 aliphatic rings. The van der Waals surface area contributed by atoms with Crippen LogP contribution in [0.2, 0.25) is 0 Å². The highest BCUT2D eigenvalue weighted by Crippen LogP contribution is 2.45. The third-order valence-electron chi connectivity index (χ3n) is 3.46. The molecule has 1 amide bonds. The summed E-state index contributed by atoms with van der Waals surface area (Å²) < 4.78 is 16.7. The van der Waals surface area contributed by atoms with Gasteiger partial charge in [-0.3, -0.25) is 4.79 Å². The number of ether oxygens (including phenoxy) is 3. The molecule has 0 unspecified atom stereocenters. The van der Waals surface area contributed by atoms with Gasteiger partial charge in [-0.15, -0.1) is 0 Å². The van der Waals surface area contributed by atoms with E-state index in [0.29, 0.717) is 52.2 Å². The van der Waals surface area contributed by atoms with E-state index in [-0.39, 0.29) is 5.91 Å². The van der Waals surface area contributed by atoms with Crippen LogP contribution in [0, 0.1) is 11.8 Å². The lowest BCUT2D eigenvalue weighted by Gasteiger charge is -2.27. The highest BCUT2D eigenvalue weighted by atomic mass is 79.9. The normalized spacial score (nSPS) is 10.9. The molecule has 0 aliphatic heterocycles. The maximum Gasteiger partial charge on any atom is 0.255 e. The summed E-state index contributed by atoms with van der Waals surface area (Å²) in [6, 6.07) is 1.70. The van der Waals surface area contributed by atoms with E-state index in [4.69, 9.17) is 14.2 Å². The fraction of sp³-hybridized carbons (Fsp3) is 0.611. The van der Waals surface area contributed by atoms with Crippen LogP contribution < -0.4 is 14.2 Å². The molecule has 0 saturated carbocycles. The zero-order valence-corrected chi connectivity index (χ0v) is 17.2. The summed E-state index contributed by atoms with van der Waals surface area (Å²) in [5.41, 5.74) is 0.505. The van der Waals surface area contributed by atoms with Crippen LogP contribution in [0.1, 0.15) is 38.1 Å². The van der Waals surface area contributed by atoms with Crippen LogP contribution in [0.15, 0.2) is 10.5 Å². The first-order valence-electron chi connectivity index (χ1n) is 8.04. The first kappa shape index (κ1) is 20.6. The van der Waals surface area contributed by atoms with Crippen LogP contribution in [-0.2, 0) is 0 Å². The number of hydrogen-bond acceptors (Lipinski definition) is 4. The Bertz CT molecular complexity index is 563. The summed E-state index contributed by atoms with van der Waals surface area (Å²) in [5.74, 6) is 2.09. The van der Waals surface area contributed by atoms with E-state index in [1.54, 1.807) is 13.2 Å². The summed E-state index contributed by atoms with van der Waals surface area (Å²) in [6.45, 7) is 9.80. The molecule has 0 radical (unpaired) electrons. The van der Waals surface area contributed by atoms with Crippen LogP contribution in [0.25, 0.3) is 0 Å². The Morgan fingerprint density at radius 3 is 1.88 bits per heavy atom. The number of benzene rings is 1. The molecule has 0 heterocycles. The quantitative estimate of drug-likeness (QED) is 0.653. The minimum absolute atomic E-state index is 0.0523. The van der Waals surface area contributed by atoms with Gasteiger partial charge in [-0.1, -0.05) is 27.7 Å². The van der Waals surface area contributed by atoms with E-state index < -0.39 is 0 Å². The van der Waals surface area contributed by atoms with Crippen molar-refractivity contribution in [3.63, 3.8) is 0 Å². The molecule has 24 heavy (non-hydrogen) atoms. The molecule has 1 rings (SSSR count). The number of hydrogen-bond donors (Lipinski definition) is 0. The van der Waals surface area contributed by atoms with Crippen LogP contribution >= 0.6 is 15.9 Å². The van der Waals surface area contributed by atoms with Crippen LogP contribution in [0.3, 0.4) is 0 Å². The minimum atomic E-state index is -0.0523. The average Bonchev–Trinajstić information content (AvgIpc) is 2.51. The molecule has 0 aliphatic carbocycles. The Kier molecular flexibility index (Phi) is 7.87. The Balaban J connectivity index is 3.38. The number of nitrogens with zero attached hydrogens (tertiary/aromatic N) is 1. The predicted molar refractivity (Wildman–Crippen MR) is 99.4 cm³/mol. The molecule has 0 N–H and O–H groups in total. The van der Waals surface area contributed by atoms with Crippen molar-refractivity contribution >= 4 is 21.8 Å². The summed E-state index contributed by atoms with van der Waals surface area (Å²) in [5, 5.41) is 0. The Labute approximate surface area is 153 Å². The first-order chi connectivity index (χ1) is 11.3. The highest BCUT2D eigenvalue weighted by Gasteiger charge is 2.26. The number of carbonyl (C=O) groups excluding carboxylic acids is 1. The van der Waals surface area contributed by atoms with Gasteiger partial charge >= 0.3 is 0 Å². The number of carbonyl (C=O) groups is 1. The van der Waals surface area contributed by atoms with Crippen molar-refractivity contribution in [3.05, 3.63) is 16.1 Å². The first-order valence-corrected chi connectivity index (χ1v) is 8.83. The van der Waals surface area contributed by atoms with Gasteiger partial charge in [-0.25, -0.2) is 0 Å². The molecule has 0 fully saturated rings. The zero-order chi connectivity index (χ0) is 18.4. The topological polar surface area (TPSA) is 48.0 Å². The van der Waals surface area contributed by atoms with Gasteiger partial charge in [0.15, 0.2) is 11.5 Å². The van der Waals surface area contributed by atoms with Crippen molar-refractivity contribution in [2.75, 3.05) is 34.4 Å². The van der Waals surface area contributed by atoms with Gasteiger partial charge in [0.1, 0.15) is 0 Å². The number of rotatable bonds is 8. The molecular weight excluding hydrogens is 374 g/mol. The molecule has 0 atom stereocenters. The van der Waals surface area contributed by atoms with Crippen LogP contribution in [-0.4, -0.2) is 45.2 Å². The van der Waals surface area contributed by atoms with Crippen molar-refractivity contribution in [1.82, 2.24) is 4.90 Å². The van der Waals surface area contributed by atoms with Crippen molar-refractivity contribution in [1.29, 1.82) is 0 Å². The lowest BCUT2D eigenvalue weighted by atomic mass is 10.1. The van der Waals surface area contributed by atoms with Crippen LogP contribution in [0.5, 0.6) is 17.2 Å². The second kappa shape index (κ2) is 9.16. The van der Waals surface area contributed by atoms with Gasteiger partial charge in [0.2, 0.25) is 5.75 Å². The fourth-order valence-corrected chi connectivity index (χ4v) is 3.19. The molecule has 1 aromatic carbocycles. The standard InChI is InChI=1S/C18H28BrNO4/c1-11(2)9-20(10-12(3)4)18(21)13-8-14(22-5)16(23-6)17(24-7)15(13)19/h8,11-12H,9-10H2,1-7H3. The summed E-state index contributed by atoms with van der Waals surface area (Å²) in [7, 11) is 4.62. The van der Waals surface area contributed by atoms with Crippen molar-refractivity contribution < 1.29 is 19.0 Å². The lowest BCUT2D eigenvalue weighted by Crippen LogP contribution is -2.37. The molecule has 0 bridgehead atoms. The van der Waals surface area contributed by atoms with Crippen molar-refractivity contribution in [3.8, 4) is 17.2 Å². The van der Waals surface area contributed by atoms with Crippen LogP contribution in [0.4, 0.5) is 0 Å².